The Hall–Kier alpha value is -0.610. The highest BCUT2D eigenvalue weighted by molar-refractivity contribution is 5.69. The highest BCUT2D eigenvalue weighted by Gasteiger charge is 2.00. The van der Waals surface area contributed by atoms with E-state index in [4.69, 9.17) is 14.2 Å². The molecule has 0 saturated carbocycles. The van der Waals surface area contributed by atoms with Gasteiger partial charge in [-0.2, -0.15) is 0 Å². The third-order valence-electron chi connectivity index (χ3n) is 1.39. The molecule has 13 heavy (non-hydrogen) atoms. The van der Waals surface area contributed by atoms with Gasteiger partial charge in [-0.1, -0.05) is 0 Å². The number of rotatable bonds is 8. The van der Waals surface area contributed by atoms with Crippen molar-refractivity contribution in [1.82, 2.24) is 0 Å². The molecular weight excluding hydrogens is 172 g/mol. The largest absolute Gasteiger partial charge is 0.466 e. The first-order valence-corrected chi connectivity index (χ1v) is 4.53. The Bertz CT molecular complexity index is 125. The molecule has 4 heteroatoms. The minimum absolute atomic E-state index is 0.200. The van der Waals surface area contributed by atoms with Crippen molar-refractivity contribution in [2.75, 3.05) is 33.5 Å². The summed E-state index contributed by atoms with van der Waals surface area (Å²) in [6.45, 7) is 3.98. The van der Waals surface area contributed by atoms with Gasteiger partial charge >= 0.3 is 5.97 Å². The van der Waals surface area contributed by atoms with Crippen molar-refractivity contribution in [1.29, 1.82) is 0 Å². The Labute approximate surface area is 79.2 Å². The summed E-state index contributed by atoms with van der Waals surface area (Å²) in [5, 5.41) is 0. The molecule has 0 aliphatic rings. The van der Waals surface area contributed by atoms with Crippen LogP contribution in [0, 0.1) is 0 Å². The van der Waals surface area contributed by atoms with Crippen molar-refractivity contribution in [2.24, 2.45) is 0 Å². The predicted octanol–water partition coefficient (Wildman–Crippen LogP) is 0.993. The van der Waals surface area contributed by atoms with Gasteiger partial charge in [0.15, 0.2) is 0 Å². The minimum Gasteiger partial charge on any atom is -0.466 e. The van der Waals surface area contributed by atoms with E-state index in [1.807, 2.05) is 0 Å². The molecule has 0 aliphatic heterocycles. The van der Waals surface area contributed by atoms with Crippen molar-refractivity contribution in [3.63, 3.8) is 0 Å². The normalized spacial score (nSPS) is 10.0. The van der Waals surface area contributed by atoms with E-state index in [9.17, 15) is 4.79 Å². The standard InChI is InChI=1S/C9H18O4/c1-3-13-9(10)5-8-12-7-4-6-11-2/h3-8H2,1-2H3. The molecule has 4 nitrogen and oxygen atoms in total. The Morgan fingerprint density at radius 2 is 2.00 bits per heavy atom. The summed E-state index contributed by atoms with van der Waals surface area (Å²) in [7, 11) is 1.65. The van der Waals surface area contributed by atoms with Crippen LogP contribution in [0.25, 0.3) is 0 Å². The lowest BCUT2D eigenvalue weighted by Gasteiger charge is -2.03. The van der Waals surface area contributed by atoms with Crippen molar-refractivity contribution < 1.29 is 19.0 Å². The number of carbonyl (C=O) groups excluding carboxylic acids is 1. The van der Waals surface area contributed by atoms with E-state index >= 15 is 0 Å². The Kier molecular flexibility index (Phi) is 9.03. The van der Waals surface area contributed by atoms with E-state index in [1.54, 1.807) is 14.0 Å². The number of esters is 1. The fourth-order valence-corrected chi connectivity index (χ4v) is 0.796. The van der Waals surface area contributed by atoms with E-state index in [0.717, 1.165) is 6.42 Å². The highest BCUT2D eigenvalue weighted by Crippen LogP contribution is 1.89. The van der Waals surface area contributed by atoms with E-state index < -0.39 is 0 Å². The lowest BCUT2D eigenvalue weighted by molar-refractivity contribution is -0.144. The van der Waals surface area contributed by atoms with Crippen molar-refractivity contribution >= 4 is 5.97 Å². The lowest BCUT2D eigenvalue weighted by atomic mass is 10.4. The maximum absolute atomic E-state index is 10.8. The van der Waals surface area contributed by atoms with Gasteiger partial charge in [-0.05, 0) is 13.3 Å². The van der Waals surface area contributed by atoms with Gasteiger partial charge in [-0.25, -0.2) is 0 Å². The first-order chi connectivity index (χ1) is 6.31. The summed E-state index contributed by atoms with van der Waals surface area (Å²) in [6.07, 6.45) is 1.19. The van der Waals surface area contributed by atoms with Gasteiger partial charge in [0.2, 0.25) is 0 Å². The Morgan fingerprint density at radius 1 is 1.23 bits per heavy atom. The van der Waals surface area contributed by atoms with Crippen LogP contribution >= 0.6 is 0 Å². The third kappa shape index (κ3) is 9.30. The van der Waals surface area contributed by atoms with Gasteiger partial charge in [0.05, 0.1) is 19.6 Å². The summed E-state index contributed by atoms with van der Waals surface area (Å²) in [4.78, 5) is 10.8. The molecule has 0 saturated heterocycles. The zero-order valence-corrected chi connectivity index (χ0v) is 8.38. The summed E-state index contributed by atoms with van der Waals surface area (Å²) >= 11 is 0. The second kappa shape index (κ2) is 9.48. The van der Waals surface area contributed by atoms with Gasteiger partial charge in [0, 0.05) is 20.3 Å². The summed E-state index contributed by atoms with van der Waals surface area (Å²) in [5.74, 6) is -0.200. The summed E-state index contributed by atoms with van der Waals surface area (Å²) in [6, 6.07) is 0. The van der Waals surface area contributed by atoms with Crippen LogP contribution in [0.4, 0.5) is 0 Å². The maximum Gasteiger partial charge on any atom is 0.308 e. The molecule has 78 valence electrons. The van der Waals surface area contributed by atoms with Crippen molar-refractivity contribution in [2.45, 2.75) is 19.8 Å². The molecule has 0 rings (SSSR count). The van der Waals surface area contributed by atoms with Gasteiger partial charge in [0.1, 0.15) is 0 Å². The van der Waals surface area contributed by atoms with Gasteiger partial charge in [-0.15, -0.1) is 0 Å². The molecule has 0 radical (unpaired) electrons. The van der Waals surface area contributed by atoms with Crippen molar-refractivity contribution in [3.05, 3.63) is 0 Å². The Balaban J connectivity index is 3.02. The lowest BCUT2D eigenvalue weighted by Crippen LogP contribution is -2.09. The third-order valence-corrected chi connectivity index (χ3v) is 1.39. The quantitative estimate of drug-likeness (QED) is 0.423. The SMILES string of the molecule is CCOC(=O)CCOCCCOC. The van der Waals surface area contributed by atoms with Crippen LogP contribution in [-0.4, -0.2) is 39.5 Å². The first kappa shape index (κ1) is 12.4. The molecule has 0 N–H and O–H groups in total. The number of hydrogen-bond acceptors (Lipinski definition) is 4. The zero-order chi connectivity index (χ0) is 9.94. The fourth-order valence-electron chi connectivity index (χ4n) is 0.796. The molecule has 0 atom stereocenters. The summed E-state index contributed by atoms with van der Waals surface area (Å²) in [5.41, 5.74) is 0. The molecule has 0 aliphatic carbocycles. The van der Waals surface area contributed by atoms with E-state index in [1.165, 1.54) is 0 Å². The molecule has 0 amide bonds. The maximum atomic E-state index is 10.8. The van der Waals surface area contributed by atoms with Crippen molar-refractivity contribution in [3.8, 4) is 0 Å². The van der Waals surface area contributed by atoms with Crippen LogP contribution in [0.3, 0.4) is 0 Å². The zero-order valence-electron chi connectivity index (χ0n) is 8.38. The molecule has 0 aromatic heterocycles. The van der Waals surface area contributed by atoms with Gasteiger partial charge in [-0.3, -0.25) is 4.79 Å². The fraction of sp³-hybridized carbons (Fsp3) is 0.889. The molecule has 0 aromatic rings. The minimum atomic E-state index is -0.200. The molecule has 0 heterocycles. The molecule has 0 aromatic carbocycles. The molecule has 0 spiro atoms. The number of carbonyl (C=O) groups is 1. The van der Waals surface area contributed by atoms with E-state index in [2.05, 4.69) is 0 Å². The number of methoxy groups -OCH3 is 1. The summed E-state index contributed by atoms with van der Waals surface area (Å²) < 4.78 is 14.7. The average Bonchev–Trinajstić information content (AvgIpc) is 2.11. The van der Waals surface area contributed by atoms with Gasteiger partial charge in [0.25, 0.3) is 0 Å². The molecular formula is C9H18O4. The monoisotopic (exact) mass is 190 g/mol. The van der Waals surface area contributed by atoms with Crippen LogP contribution in [0.2, 0.25) is 0 Å². The predicted molar refractivity (Wildman–Crippen MR) is 48.6 cm³/mol. The number of hydrogen-bond donors (Lipinski definition) is 0. The van der Waals surface area contributed by atoms with Crippen LogP contribution < -0.4 is 0 Å². The highest BCUT2D eigenvalue weighted by atomic mass is 16.5. The topological polar surface area (TPSA) is 44.8 Å². The van der Waals surface area contributed by atoms with Gasteiger partial charge < -0.3 is 14.2 Å². The Morgan fingerprint density at radius 3 is 2.62 bits per heavy atom. The first-order valence-electron chi connectivity index (χ1n) is 4.53. The molecule has 0 bridgehead atoms. The van der Waals surface area contributed by atoms with E-state index in [0.29, 0.717) is 32.8 Å². The van der Waals surface area contributed by atoms with Crippen LogP contribution in [0.5, 0.6) is 0 Å². The second-order valence-corrected chi connectivity index (χ2v) is 2.51. The number of ether oxygens (including phenoxy) is 3. The van der Waals surface area contributed by atoms with E-state index in [-0.39, 0.29) is 5.97 Å². The smallest absolute Gasteiger partial charge is 0.308 e. The van der Waals surface area contributed by atoms with Crippen LogP contribution in [0.1, 0.15) is 19.8 Å². The average molecular weight is 190 g/mol. The second-order valence-electron chi connectivity index (χ2n) is 2.51. The molecule has 0 unspecified atom stereocenters. The van der Waals surface area contributed by atoms with Crippen LogP contribution in [0.15, 0.2) is 0 Å². The van der Waals surface area contributed by atoms with Crippen LogP contribution in [-0.2, 0) is 19.0 Å². The molecule has 0 fully saturated rings.